The standard InChI is InChI=1S/C34H48N4O7S/c1-6-8-9-10-14-17-27(35-32(42)45-33(3,4)5)30(40)38-22-24(23-15-12-11-13-16-23)20-28(38)29(39)36-34(21-25(34)7-2)31(41)37-46(43,44)26-18-19-26/h6-7,11-13,15-16,24-28H,1-2,8-10,14,17-22H2,3-5H3,(H,35,42)(H,36,39)(H,37,41)/t24-,25?,27+,28?,34?/m1/s1. The zero-order valence-electron chi connectivity index (χ0n) is 27.1. The van der Waals surface area contributed by atoms with Gasteiger partial charge in [0.25, 0.3) is 5.91 Å². The molecule has 12 heteroatoms. The molecule has 2 saturated carbocycles. The number of sulfonamides is 1. The fourth-order valence-corrected chi connectivity index (χ4v) is 7.40. The van der Waals surface area contributed by atoms with Crippen LogP contribution in [-0.2, 0) is 29.1 Å². The van der Waals surface area contributed by atoms with Crippen molar-refractivity contribution in [2.75, 3.05) is 6.54 Å². The number of amides is 4. The van der Waals surface area contributed by atoms with E-state index in [0.717, 1.165) is 24.8 Å². The lowest BCUT2D eigenvalue weighted by Gasteiger charge is -2.30. The molecule has 252 valence electrons. The van der Waals surface area contributed by atoms with E-state index in [2.05, 4.69) is 28.5 Å². The van der Waals surface area contributed by atoms with Crippen LogP contribution in [0.5, 0.6) is 0 Å². The molecular weight excluding hydrogens is 608 g/mol. The summed E-state index contributed by atoms with van der Waals surface area (Å²) in [5.74, 6) is -2.41. The van der Waals surface area contributed by atoms with Crippen molar-refractivity contribution >= 4 is 33.8 Å². The Labute approximate surface area is 272 Å². The number of hydrogen-bond acceptors (Lipinski definition) is 7. The summed E-state index contributed by atoms with van der Waals surface area (Å²) in [5.41, 5.74) is -1.29. The van der Waals surface area contributed by atoms with E-state index in [-0.39, 0.29) is 25.3 Å². The van der Waals surface area contributed by atoms with Crippen molar-refractivity contribution in [1.29, 1.82) is 0 Å². The lowest BCUT2D eigenvalue weighted by atomic mass is 9.96. The Bertz CT molecular complexity index is 1420. The molecule has 3 fully saturated rings. The molecule has 0 bridgehead atoms. The summed E-state index contributed by atoms with van der Waals surface area (Å²) in [5, 5.41) is 4.96. The summed E-state index contributed by atoms with van der Waals surface area (Å²) >= 11 is 0. The van der Waals surface area contributed by atoms with Crippen LogP contribution in [0.25, 0.3) is 0 Å². The van der Waals surface area contributed by atoms with Gasteiger partial charge in [0.1, 0.15) is 23.2 Å². The van der Waals surface area contributed by atoms with Gasteiger partial charge in [-0.1, -0.05) is 55.3 Å². The van der Waals surface area contributed by atoms with Crippen LogP contribution < -0.4 is 15.4 Å². The summed E-state index contributed by atoms with van der Waals surface area (Å²) in [7, 11) is -3.84. The monoisotopic (exact) mass is 656 g/mol. The second-order valence-corrected chi connectivity index (χ2v) is 15.6. The van der Waals surface area contributed by atoms with Crippen molar-refractivity contribution in [1.82, 2.24) is 20.3 Å². The average molecular weight is 657 g/mol. The maximum atomic E-state index is 14.2. The summed E-state index contributed by atoms with van der Waals surface area (Å²) in [4.78, 5) is 55.9. The highest BCUT2D eigenvalue weighted by atomic mass is 32.2. The molecular formula is C34H48N4O7S. The summed E-state index contributed by atoms with van der Waals surface area (Å²) in [6.45, 7) is 12.9. The summed E-state index contributed by atoms with van der Waals surface area (Å²) in [6, 6.07) is 7.65. The van der Waals surface area contributed by atoms with Crippen LogP contribution in [0.3, 0.4) is 0 Å². The minimum absolute atomic E-state index is 0.176. The normalized spacial score (nSPS) is 24.8. The molecule has 3 N–H and O–H groups in total. The van der Waals surface area contributed by atoms with Crippen LogP contribution in [-0.4, -0.2) is 72.2 Å². The molecule has 3 unspecified atom stereocenters. The van der Waals surface area contributed by atoms with E-state index in [4.69, 9.17) is 4.74 Å². The summed E-state index contributed by atoms with van der Waals surface area (Å²) < 4.78 is 32.8. The zero-order chi connectivity index (χ0) is 33.7. The Morgan fingerprint density at radius 1 is 1.09 bits per heavy atom. The molecule has 2 aliphatic carbocycles. The number of nitrogens with zero attached hydrogens (tertiary/aromatic N) is 1. The Balaban J connectivity index is 1.58. The Morgan fingerprint density at radius 2 is 1.78 bits per heavy atom. The molecule has 46 heavy (non-hydrogen) atoms. The topological polar surface area (TPSA) is 151 Å². The summed E-state index contributed by atoms with van der Waals surface area (Å²) in [6.07, 6.45) is 7.67. The second kappa shape index (κ2) is 14.4. The lowest BCUT2D eigenvalue weighted by Crippen LogP contribution is -2.58. The molecule has 11 nitrogen and oxygen atoms in total. The van der Waals surface area contributed by atoms with Gasteiger partial charge in [-0.15, -0.1) is 13.2 Å². The number of nitrogens with one attached hydrogen (secondary N) is 3. The molecule has 4 rings (SSSR count). The minimum Gasteiger partial charge on any atom is -0.444 e. The number of likely N-dealkylation sites (tertiary alicyclic amines) is 1. The Morgan fingerprint density at radius 3 is 2.37 bits per heavy atom. The minimum atomic E-state index is -3.84. The van der Waals surface area contributed by atoms with Gasteiger partial charge in [-0.3, -0.25) is 19.1 Å². The Kier molecular flexibility index (Phi) is 11.0. The molecule has 1 aromatic carbocycles. The SMILES string of the molecule is C=CCCCCC[C@H](NC(=O)OC(C)(C)C)C(=O)N1C[C@H](c2ccccc2)CC1C(=O)NC1(C(=O)NS(=O)(=O)C2CC2)CC1C=C. The van der Waals surface area contributed by atoms with Crippen LogP contribution in [0.1, 0.15) is 90.0 Å². The molecule has 0 radical (unpaired) electrons. The molecule has 0 aromatic heterocycles. The van der Waals surface area contributed by atoms with Gasteiger partial charge in [0, 0.05) is 18.4 Å². The number of unbranched alkanes of at least 4 members (excludes halogenated alkanes) is 3. The highest BCUT2D eigenvalue weighted by Gasteiger charge is 2.62. The van der Waals surface area contributed by atoms with E-state index in [1.807, 2.05) is 36.4 Å². The molecule has 1 saturated heterocycles. The van der Waals surface area contributed by atoms with E-state index in [9.17, 15) is 27.6 Å². The van der Waals surface area contributed by atoms with Crippen LogP contribution >= 0.6 is 0 Å². The van der Waals surface area contributed by atoms with Crippen molar-refractivity contribution in [2.24, 2.45) is 5.92 Å². The van der Waals surface area contributed by atoms with Gasteiger partial charge in [-0.05, 0) is 71.3 Å². The maximum Gasteiger partial charge on any atom is 0.408 e. The number of allylic oxidation sites excluding steroid dienone is 1. The number of benzene rings is 1. The van der Waals surface area contributed by atoms with Gasteiger partial charge in [0.05, 0.1) is 5.25 Å². The number of ether oxygens (including phenoxy) is 1. The first-order chi connectivity index (χ1) is 21.7. The Hall–Kier alpha value is -3.67. The predicted octanol–water partition coefficient (Wildman–Crippen LogP) is 4.07. The lowest BCUT2D eigenvalue weighted by molar-refractivity contribution is -0.141. The van der Waals surface area contributed by atoms with Crippen LogP contribution in [0.4, 0.5) is 4.79 Å². The van der Waals surface area contributed by atoms with Gasteiger partial charge in [0.15, 0.2) is 0 Å². The third-order valence-corrected chi connectivity index (χ3v) is 10.6. The van der Waals surface area contributed by atoms with Crippen LogP contribution in [0, 0.1) is 5.92 Å². The van der Waals surface area contributed by atoms with E-state index in [1.165, 1.54) is 11.0 Å². The number of carbonyl (C=O) groups is 4. The average Bonchev–Trinajstić information content (AvgIpc) is 3.92. The fraction of sp³-hybridized carbons (Fsp3) is 0.588. The predicted molar refractivity (Wildman–Crippen MR) is 175 cm³/mol. The van der Waals surface area contributed by atoms with Crippen LogP contribution in [0.15, 0.2) is 55.6 Å². The zero-order valence-corrected chi connectivity index (χ0v) is 27.9. The van der Waals surface area contributed by atoms with E-state index in [1.54, 1.807) is 20.8 Å². The van der Waals surface area contributed by atoms with Gasteiger partial charge >= 0.3 is 6.09 Å². The molecule has 1 aliphatic heterocycles. The van der Waals surface area contributed by atoms with Crippen molar-refractivity contribution < 1.29 is 32.3 Å². The van der Waals surface area contributed by atoms with Crippen molar-refractivity contribution in [3.8, 4) is 0 Å². The molecule has 1 heterocycles. The third kappa shape index (κ3) is 8.77. The van der Waals surface area contributed by atoms with Crippen LogP contribution in [0.2, 0.25) is 0 Å². The smallest absolute Gasteiger partial charge is 0.408 e. The molecule has 5 atom stereocenters. The number of alkyl carbamates (subject to hydrolysis) is 1. The first kappa shape index (κ1) is 35.2. The van der Waals surface area contributed by atoms with Crippen molar-refractivity contribution in [3.05, 3.63) is 61.2 Å². The number of carbonyl (C=O) groups excluding carboxylic acids is 4. The first-order valence-corrected chi connectivity index (χ1v) is 17.7. The third-order valence-electron chi connectivity index (χ3n) is 8.80. The van der Waals surface area contributed by atoms with E-state index >= 15 is 0 Å². The highest BCUT2D eigenvalue weighted by molar-refractivity contribution is 7.91. The molecule has 1 aromatic rings. The fourth-order valence-electron chi connectivity index (χ4n) is 6.04. The second-order valence-electron chi connectivity index (χ2n) is 13.7. The van der Waals surface area contributed by atoms with Crippen molar-refractivity contribution in [3.63, 3.8) is 0 Å². The highest BCUT2D eigenvalue weighted by Crippen LogP contribution is 2.46. The largest absolute Gasteiger partial charge is 0.444 e. The van der Waals surface area contributed by atoms with E-state index < -0.39 is 68.2 Å². The number of rotatable bonds is 15. The van der Waals surface area contributed by atoms with Crippen molar-refractivity contribution in [2.45, 2.75) is 113 Å². The quantitative estimate of drug-likeness (QED) is 0.190. The first-order valence-electron chi connectivity index (χ1n) is 16.2. The molecule has 4 amide bonds. The van der Waals surface area contributed by atoms with Gasteiger partial charge in [-0.2, -0.15) is 0 Å². The molecule has 3 aliphatic rings. The van der Waals surface area contributed by atoms with Gasteiger partial charge in [0.2, 0.25) is 21.8 Å². The van der Waals surface area contributed by atoms with Gasteiger partial charge in [-0.25, -0.2) is 13.2 Å². The maximum absolute atomic E-state index is 14.2. The van der Waals surface area contributed by atoms with E-state index in [0.29, 0.717) is 25.7 Å². The van der Waals surface area contributed by atoms with Gasteiger partial charge < -0.3 is 20.3 Å². The molecule has 0 spiro atoms. The number of hydrogen-bond donors (Lipinski definition) is 3.